The molecule has 0 saturated heterocycles. The smallest absolute Gasteiger partial charge is 0.161 e. The second kappa shape index (κ2) is 9.09. The molecule has 1 atom stereocenters. The van der Waals surface area contributed by atoms with Gasteiger partial charge in [0.15, 0.2) is 23.0 Å². The first-order chi connectivity index (χ1) is 14.6. The number of nitrogens with one attached hydrogen (secondary N) is 1. The largest absolute Gasteiger partial charge is 0.493 e. The zero-order valence-electron chi connectivity index (χ0n) is 17.4. The number of fused-ring (bicyclic) bond motifs is 1. The average Bonchev–Trinajstić information content (AvgIpc) is 3.09. The average molecular weight is 410 g/mol. The quantitative estimate of drug-likeness (QED) is 0.605. The third-order valence-electron chi connectivity index (χ3n) is 5.05. The Bertz CT molecular complexity index is 982. The van der Waals surface area contributed by atoms with E-state index in [0.717, 1.165) is 34.1 Å². The van der Waals surface area contributed by atoms with Crippen molar-refractivity contribution in [3.8, 4) is 23.0 Å². The molecule has 30 heavy (non-hydrogen) atoms. The summed E-state index contributed by atoms with van der Waals surface area (Å²) < 4.78 is 28.4. The van der Waals surface area contributed by atoms with Crippen LogP contribution in [0.5, 0.6) is 23.0 Å². The Morgan fingerprint density at radius 3 is 2.70 bits per heavy atom. The zero-order chi connectivity index (χ0) is 20.9. The Balaban J connectivity index is 1.31. The lowest BCUT2D eigenvalue weighted by atomic mass is 10.2. The van der Waals surface area contributed by atoms with E-state index in [-0.39, 0.29) is 6.10 Å². The number of para-hydroxylation sites is 2. The maximum atomic E-state index is 5.98. The molecule has 3 aromatic rings. The summed E-state index contributed by atoms with van der Waals surface area (Å²) >= 11 is 0. The first-order valence-corrected chi connectivity index (χ1v) is 9.94. The molecule has 7 heteroatoms. The van der Waals surface area contributed by atoms with Crippen LogP contribution in [-0.2, 0) is 13.2 Å². The van der Waals surface area contributed by atoms with Crippen LogP contribution in [0.3, 0.4) is 0 Å². The Morgan fingerprint density at radius 1 is 1.10 bits per heavy atom. The molecular weight excluding hydrogens is 384 g/mol. The van der Waals surface area contributed by atoms with Gasteiger partial charge in [-0.05, 0) is 43.7 Å². The van der Waals surface area contributed by atoms with Gasteiger partial charge < -0.3 is 28.8 Å². The molecule has 2 aromatic carbocycles. The summed E-state index contributed by atoms with van der Waals surface area (Å²) in [6, 6.07) is 13.6. The Kier molecular flexibility index (Phi) is 6.09. The molecule has 0 fully saturated rings. The Labute approximate surface area is 175 Å². The maximum Gasteiger partial charge on any atom is 0.161 e. The van der Waals surface area contributed by atoms with Crippen molar-refractivity contribution in [2.75, 3.05) is 20.3 Å². The molecule has 0 bridgehead atoms. The van der Waals surface area contributed by atoms with E-state index in [0.29, 0.717) is 37.8 Å². The maximum absolute atomic E-state index is 5.98. The predicted molar refractivity (Wildman–Crippen MR) is 111 cm³/mol. The van der Waals surface area contributed by atoms with Crippen LogP contribution < -0.4 is 24.3 Å². The Morgan fingerprint density at radius 2 is 1.93 bits per heavy atom. The molecule has 0 unspecified atom stereocenters. The molecule has 0 aliphatic carbocycles. The van der Waals surface area contributed by atoms with Gasteiger partial charge in [-0.25, -0.2) is 0 Å². The number of rotatable bonds is 8. The Hall–Kier alpha value is -3.19. The highest BCUT2D eigenvalue weighted by molar-refractivity contribution is 5.43. The number of hydrogen-bond acceptors (Lipinski definition) is 7. The van der Waals surface area contributed by atoms with Gasteiger partial charge in [0.2, 0.25) is 0 Å². The molecule has 0 spiro atoms. The third kappa shape index (κ3) is 4.52. The third-order valence-corrected chi connectivity index (χ3v) is 5.05. The van der Waals surface area contributed by atoms with Gasteiger partial charge in [0.25, 0.3) is 0 Å². The van der Waals surface area contributed by atoms with Crippen LogP contribution in [0.1, 0.15) is 22.6 Å². The van der Waals surface area contributed by atoms with E-state index in [1.807, 2.05) is 56.3 Å². The molecule has 0 radical (unpaired) electrons. The number of aryl methyl sites for hydroxylation is 2. The number of hydrogen-bond donors (Lipinski definition) is 1. The van der Waals surface area contributed by atoms with Gasteiger partial charge in [0.05, 0.1) is 18.4 Å². The molecule has 1 aliphatic rings. The second-order valence-corrected chi connectivity index (χ2v) is 7.21. The summed E-state index contributed by atoms with van der Waals surface area (Å²) in [6.07, 6.45) is -0.0283. The van der Waals surface area contributed by atoms with Crippen molar-refractivity contribution in [3.63, 3.8) is 0 Å². The second-order valence-electron chi connectivity index (χ2n) is 7.21. The highest BCUT2D eigenvalue weighted by Crippen LogP contribution is 2.31. The predicted octanol–water partition coefficient (Wildman–Crippen LogP) is 3.81. The van der Waals surface area contributed by atoms with Crippen LogP contribution in [0.25, 0.3) is 0 Å². The van der Waals surface area contributed by atoms with Crippen molar-refractivity contribution in [1.29, 1.82) is 0 Å². The summed E-state index contributed by atoms with van der Waals surface area (Å²) in [5.74, 6) is 3.72. The van der Waals surface area contributed by atoms with Crippen LogP contribution in [0.15, 0.2) is 47.0 Å². The topological polar surface area (TPSA) is 75.0 Å². The normalized spacial score (nSPS) is 15.1. The molecule has 0 saturated carbocycles. The summed E-state index contributed by atoms with van der Waals surface area (Å²) in [5.41, 5.74) is 2.89. The lowest BCUT2D eigenvalue weighted by molar-refractivity contribution is 0.0902. The SMILES string of the molecule is COc1cc(CNC[C@H]2COc3ccccc3O2)ccc1OCc1c(C)noc1C. The molecular formula is C23H26N2O5. The molecule has 2 heterocycles. The molecule has 0 amide bonds. The lowest BCUT2D eigenvalue weighted by Crippen LogP contribution is -2.38. The van der Waals surface area contributed by atoms with E-state index in [1.54, 1.807) is 7.11 Å². The fourth-order valence-corrected chi connectivity index (χ4v) is 3.34. The van der Waals surface area contributed by atoms with Gasteiger partial charge in [-0.1, -0.05) is 23.4 Å². The first-order valence-electron chi connectivity index (χ1n) is 9.94. The van der Waals surface area contributed by atoms with Gasteiger partial charge in [0, 0.05) is 13.1 Å². The van der Waals surface area contributed by atoms with Crippen molar-refractivity contribution in [1.82, 2.24) is 10.5 Å². The molecule has 1 N–H and O–H groups in total. The minimum absolute atomic E-state index is 0.0283. The lowest BCUT2D eigenvalue weighted by Gasteiger charge is -2.26. The van der Waals surface area contributed by atoms with E-state index in [2.05, 4.69) is 10.5 Å². The molecule has 1 aromatic heterocycles. The summed E-state index contributed by atoms with van der Waals surface area (Å²) in [7, 11) is 1.64. The summed E-state index contributed by atoms with van der Waals surface area (Å²) in [5, 5.41) is 7.38. The van der Waals surface area contributed by atoms with Crippen molar-refractivity contribution in [3.05, 3.63) is 65.0 Å². The van der Waals surface area contributed by atoms with Gasteiger partial charge in [0.1, 0.15) is 25.1 Å². The molecule has 1 aliphatic heterocycles. The highest BCUT2D eigenvalue weighted by atomic mass is 16.6. The van der Waals surface area contributed by atoms with Crippen LogP contribution in [0, 0.1) is 13.8 Å². The van der Waals surface area contributed by atoms with E-state index in [9.17, 15) is 0 Å². The van der Waals surface area contributed by atoms with Crippen molar-refractivity contribution in [2.45, 2.75) is 33.1 Å². The number of methoxy groups -OCH3 is 1. The van der Waals surface area contributed by atoms with Gasteiger partial charge >= 0.3 is 0 Å². The fourth-order valence-electron chi connectivity index (χ4n) is 3.34. The van der Waals surface area contributed by atoms with Crippen LogP contribution >= 0.6 is 0 Å². The first kappa shape index (κ1) is 20.1. The van der Waals surface area contributed by atoms with Crippen molar-refractivity contribution >= 4 is 0 Å². The standard InChI is InChI=1S/C23H26N2O5/c1-15-19(16(2)30-25-15)14-28-21-9-8-17(10-23(21)26-3)11-24-12-18-13-27-20-6-4-5-7-22(20)29-18/h4-10,18,24H,11-14H2,1-3H3/t18-/m0/s1. The fraction of sp³-hybridized carbons (Fsp3) is 0.348. The van der Waals surface area contributed by atoms with Crippen molar-refractivity contribution < 1.29 is 23.5 Å². The minimum atomic E-state index is -0.0283. The molecule has 4 rings (SSSR count). The summed E-state index contributed by atoms with van der Waals surface area (Å²) in [4.78, 5) is 0. The minimum Gasteiger partial charge on any atom is -0.493 e. The van der Waals surface area contributed by atoms with Gasteiger partial charge in [-0.15, -0.1) is 0 Å². The zero-order valence-corrected chi connectivity index (χ0v) is 17.4. The number of benzene rings is 2. The van der Waals surface area contributed by atoms with E-state index in [1.165, 1.54) is 0 Å². The van der Waals surface area contributed by atoms with Crippen LogP contribution in [0.2, 0.25) is 0 Å². The van der Waals surface area contributed by atoms with Gasteiger partial charge in [-0.3, -0.25) is 0 Å². The monoisotopic (exact) mass is 410 g/mol. The van der Waals surface area contributed by atoms with E-state index >= 15 is 0 Å². The van der Waals surface area contributed by atoms with E-state index in [4.69, 9.17) is 23.5 Å². The number of ether oxygens (including phenoxy) is 4. The van der Waals surface area contributed by atoms with Crippen LogP contribution in [0.4, 0.5) is 0 Å². The summed E-state index contributed by atoms with van der Waals surface area (Å²) in [6.45, 7) is 6.06. The number of nitrogens with zero attached hydrogens (tertiary/aromatic N) is 1. The van der Waals surface area contributed by atoms with Gasteiger partial charge in [-0.2, -0.15) is 0 Å². The molecule has 7 nitrogen and oxygen atoms in total. The van der Waals surface area contributed by atoms with Crippen molar-refractivity contribution in [2.24, 2.45) is 0 Å². The molecule has 158 valence electrons. The highest BCUT2D eigenvalue weighted by Gasteiger charge is 2.20. The van der Waals surface area contributed by atoms with E-state index < -0.39 is 0 Å². The number of aromatic nitrogens is 1. The van der Waals surface area contributed by atoms with Crippen LogP contribution in [-0.4, -0.2) is 31.5 Å².